The Balaban J connectivity index is 1.82. The molecule has 0 radical (unpaired) electrons. The van der Waals surface area contributed by atoms with Crippen LogP contribution in [0.4, 0.5) is 29.3 Å². The molecule has 2 aromatic rings. The third-order valence-corrected chi connectivity index (χ3v) is 6.80. The van der Waals surface area contributed by atoms with E-state index >= 15 is 0 Å². The lowest BCUT2D eigenvalue weighted by Crippen LogP contribution is -2.47. The molecule has 3 rings (SSSR count). The molecule has 0 saturated heterocycles. The zero-order chi connectivity index (χ0) is 25.3. The largest absolute Gasteiger partial charge is 0.412 e. The summed E-state index contributed by atoms with van der Waals surface area (Å²) in [5.74, 6) is 0. The number of hydrogen-bond acceptors (Lipinski definition) is 3. The lowest BCUT2D eigenvalue weighted by atomic mass is 10.1. The van der Waals surface area contributed by atoms with Crippen molar-refractivity contribution >= 4 is 39.0 Å². The van der Waals surface area contributed by atoms with E-state index in [-0.39, 0.29) is 12.2 Å². The number of rotatable bonds is 5. The predicted octanol–water partition coefficient (Wildman–Crippen LogP) is 5.85. The topological polar surface area (TPSA) is 69.7 Å². The summed E-state index contributed by atoms with van der Waals surface area (Å²) in [6.45, 7) is 3.41. The van der Waals surface area contributed by atoms with Gasteiger partial charge in [-0.1, -0.05) is 35.9 Å². The van der Waals surface area contributed by atoms with E-state index in [4.69, 9.17) is 11.6 Å². The van der Waals surface area contributed by atoms with Crippen molar-refractivity contribution in [2.45, 2.75) is 32.6 Å². The van der Waals surface area contributed by atoms with Crippen LogP contribution in [0.1, 0.15) is 18.1 Å². The summed E-state index contributed by atoms with van der Waals surface area (Å²) >= 11 is 6.15. The highest BCUT2D eigenvalue weighted by Gasteiger charge is 2.44. The first-order valence-electron chi connectivity index (χ1n) is 10.1. The fourth-order valence-corrected chi connectivity index (χ4v) is 4.48. The molecule has 1 aliphatic heterocycles. The molecule has 1 aliphatic rings. The number of sulfonamides is 1. The second kappa shape index (κ2) is 9.71. The first-order valence-corrected chi connectivity index (χ1v) is 12.3. The lowest BCUT2D eigenvalue weighted by Gasteiger charge is -2.31. The van der Waals surface area contributed by atoms with E-state index in [9.17, 15) is 26.4 Å². The Bertz CT molecular complexity index is 1240. The third-order valence-electron chi connectivity index (χ3n) is 5.25. The monoisotopic (exact) mass is 513 g/mol. The molecule has 1 unspecified atom stereocenters. The molecule has 1 atom stereocenters. The minimum absolute atomic E-state index is 0.0361. The maximum absolute atomic E-state index is 13.3. The first-order chi connectivity index (χ1) is 15.8. The number of carbonyl (C=O) groups excluding carboxylic acids is 1. The van der Waals surface area contributed by atoms with Gasteiger partial charge < -0.3 is 5.32 Å². The van der Waals surface area contributed by atoms with Gasteiger partial charge in [0.1, 0.15) is 0 Å². The molecule has 6 nitrogen and oxygen atoms in total. The van der Waals surface area contributed by atoms with Crippen molar-refractivity contribution in [2.75, 3.05) is 15.9 Å². The smallest absolute Gasteiger partial charge is 0.308 e. The highest BCUT2D eigenvalue weighted by atomic mass is 35.5. The quantitative estimate of drug-likeness (QED) is 0.545. The number of nitrogens with zero attached hydrogens (tertiary/aromatic N) is 2. The van der Waals surface area contributed by atoms with Gasteiger partial charge >= 0.3 is 12.2 Å². The van der Waals surface area contributed by atoms with Gasteiger partial charge in [0, 0.05) is 16.9 Å². The highest BCUT2D eigenvalue weighted by molar-refractivity contribution is 7.92. The van der Waals surface area contributed by atoms with Gasteiger partial charge in [-0.25, -0.2) is 13.2 Å². The van der Waals surface area contributed by atoms with Crippen molar-refractivity contribution in [3.8, 4) is 0 Å². The van der Waals surface area contributed by atoms with Gasteiger partial charge in [0.05, 0.1) is 18.5 Å². The van der Waals surface area contributed by atoms with Gasteiger partial charge in [-0.15, -0.1) is 0 Å². The molecule has 0 aromatic heterocycles. The second-order valence-electron chi connectivity index (χ2n) is 7.90. The number of carbonyl (C=O) groups is 1. The number of benzene rings is 2. The molecule has 1 heterocycles. The van der Waals surface area contributed by atoms with Crippen molar-refractivity contribution < 1.29 is 26.4 Å². The zero-order valence-corrected chi connectivity index (χ0v) is 20.2. The molecule has 0 fully saturated rings. The molecule has 182 valence electrons. The molecule has 2 amide bonds. The molecule has 0 saturated carbocycles. The van der Waals surface area contributed by atoms with Crippen molar-refractivity contribution in [1.29, 1.82) is 0 Å². The number of halogens is 4. The fraction of sp³-hybridized carbons (Fsp3) is 0.261. The average molecular weight is 514 g/mol. The van der Waals surface area contributed by atoms with Crippen molar-refractivity contribution in [3.63, 3.8) is 0 Å². The molecule has 2 aromatic carbocycles. The maximum atomic E-state index is 13.3. The zero-order valence-electron chi connectivity index (χ0n) is 18.6. The van der Waals surface area contributed by atoms with Crippen LogP contribution in [0.25, 0.3) is 0 Å². The molecular weight excluding hydrogens is 491 g/mol. The molecule has 0 aliphatic carbocycles. The van der Waals surface area contributed by atoms with Crippen LogP contribution in [-0.2, 0) is 16.6 Å². The molecule has 0 spiro atoms. The van der Waals surface area contributed by atoms with Crippen LogP contribution in [0.15, 0.2) is 66.4 Å². The van der Waals surface area contributed by atoms with E-state index in [0.29, 0.717) is 26.7 Å². The Morgan fingerprint density at radius 2 is 1.79 bits per heavy atom. The number of urea groups is 1. The van der Waals surface area contributed by atoms with Gasteiger partial charge in [-0.05, 0) is 60.9 Å². The van der Waals surface area contributed by atoms with Crippen LogP contribution in [0.3, 0.4) is 0 Å². The predicted molar refractivity (Wildman–Crippen MR) is 127 cm³/mol. The summed E-state index contributed by atoms with van der Waals surface area (Å²) in [5.41, 5.74) is 2.49. The Morgan fingerprint density at radius 3 is 2.38 bits per heavy atom. The van der Waals surface area contributed by atoms with E-state index in [0.717, 1.165) is 24.1 Å². The maximum Gasteiger partial charge on any atom is 0.412 e. The second-order valence-corrected chi connectivity index (χ2v) is 10.2. The summed E-state index contributed by atoms with van der Waals surface area (Å²) in [7, 11) is -3.67. The van der Waals surface area contributed by atoms with E-state index in [1.54, 1.807) is 32.0 Å². The van der Waals surface area contributed by atoms with Gasteiger partial charge in [-0.2, -0.15) is 13.2 Å². The van der Waals surface area contributed by atoms with Crippen LogP contribution in [0.5, 0.6) is 0 Å². The Morgan fingerprint density at radius 1 is 1.15 bits per heavy atom. The normalized spacial score (nSPS) is 16.3. The van der Waals surface area contributed by atoms with E-state index in [2.05, 4.69) is 5.32 Å². The van der Waals surface area contributed by atoms with Crippen molar-refractivity contribution in [3.05, 3.63) is 82.5 Å². The molecule has 11 heteroatoms. The third kappa shape index (κ3) is 5.92. The number of allylic oxidation sites excluding steroid dienone is 2. The summed E-state index contributed by atoms with van der Waals surface area (Å²) in [5, 5.41) is 2.94. The summed E-state index contributed by atoms with van der Waals surface area (Å²) in [6, 6.07) is 7.94. The molecule has 34 heavy (non-hydrogen) atoms. The first kappa shape index (κ1) is 25.6. The number of amides is 2. The SMILES string of the molecule is CC1=CN(C(=O)Nc2ccc(N(Cc3cccc(Cl)c3C)S(C)(=O)=O)cc2)C(C(F)(F)F)C=C1. The van der Waals surface area contributed by atoms with Crippen LogP contribution >= 0.6 is 11.6 Å². The van der Waals surface area contributed by atoms with Gasteiger partial charge in [0.2, 0.25) is 10.0 Å². The number of alkyl halides is 3. The Labute approximate surface area is 201 Å². The number of hydrogen-bond donors (Lipinski definition) is 1. The number of nitrogens with one attached hydrogen (secondary N) is 1. The van der Waals surface area contributed by atoms with Crippen molar-refractivity contribution in [1.82, 2.24) is 4.90 Å². The highest BCUT2D eigenvalue weighted by Crippen LogP contribution is 2.30. The van der Waals surface area contributed by atoms with E-state index in [1.165, 1.54) is 34.6 Å². The van der Waals surface area contributed by atoms with Crippen LogP contribution in [0.2, 0.25) is 5.02 Å². The molecule has 0 bridgehead atoms. The van der Waals surface area contributed by atoms with Crippen LogP contribution < -0.4 is 9.62 Å². The van der Waals surface area contributed by atoms with E-state index < -0.39 is 28.3 Å². The Hall–Kier alpha value is -2.98. The minimum atomic E-state index is -4.64. The standard InChI is InChI=1S/C23H23ClF3N3O3S/c1-15-7-12-21(23(25,26)27)29(13-15)22(31)28-18-8-10-19(11-9-18)30(34(3,32)33)14-17-5-4-6-20(24)16(17)2/h4-13,21H,14H2,1-3H3,(H,28,31). The summed E-state index contributed by atoms with van der Waals surface area (Å²) < 4.78 is 66.1. The van der Waals surface area contributed by atoms with Crippen molar-refractivity contribution in [2.24, 2.45) is 0 Å². The molecule has 1 N–H and O–H groups in total. The Kier molecular flexibility index (Phi) is 7.32. The average Bonchev–Trinajstić information content (AvgIpc) is 2.73. The fourth-order valence-electron chi connectivity index (χ4n) is 3.41. The van der Waals surface area contributed by atoms with Gasteiger partial charge in [0.15, 0.2) is 6.04 Å². The summed E-state index contributed by atoms with van der Waals surface area (Å²) in [6.07, 6.45) is -0.222. The van der Waals surface area contributed by atoms with Gasteiger partial charge in [-0.3, -0.25) is 9.21 Å². The molecular formula is C23H23ClF3N3O3S. The van der Waals surface area contributed by atoms with Crippen LogP contribution in [-0.4, -0.2) is 37.8 Å². The van der Waals surface area contributed by atoms with Crippen LogP contribution in [0, 0.1) is 6.92 Å². The number of anilines is 2. The van der Waals surface area contributed by atoms with E-state index in [1.807, 2.05) is 0 Å². The summed E-state index contributed by atoms with van der Waals surface area (Å²) in [4.78, 5) is 13.2. The lowest BCUT2D eigenvalue weighted by molar-refractivity contribution is -0.157. The van der Waals surface area contributed by atoms with Gasteiger partial charge in [0.25, 0.3) is 0 Å². The minimum Gasteiger partial charge on any atom is -0.308 e.